The summed E-state index contributed by atoms with van der Waals surface area (Å²) < 4.78 is 43.0. The quantitative estimate of drug-likeness (QED) is 0.261. The highest BCUT2D eigenvalue weighted by atomic mass is 35.5. The Hall–Kier alpha value is -3.43. The Labute approximate surface area is 259 Å². The minimum absolute atomic E-state index is 0.00263. The average molecular weight is 628 g/mol. The average Bonchev–Trinajstić information content (AvgIpc) is 2.99. The molecule has 0 radical (unpaired) electrons. The van der Waals surface area contributed by atoms with Crippen molar-refractivity contribution in [2.24, 2.45) is 0 Å². The highest BCUT2D eigenvalue weighted by Crippen LogP contribution is 2.31. The Morgan fingerprint density at radius 1 is 0.977 bits per heavy atom. The number of hydrogen-bond donors (Lipinski definition) is 1. The second-order valence-corrected chi connectivity index (χ2v) is 13.4. The van der Waals surface area contributed by atoms with Crippen molar-refractivity contribution >= 4 is 39.1 Å². The zero-order chi connectivity index (χ0) is 31.1. The molecule has 2 amide bonds. The second-order valence-electron chi connectivity index (χ2n) is 11.1. The maximum atomic E-state index is 14.3. The molecule has 0 heterocycles. The van der Waals surface area contributed by atoms with Gasteiger partial charge in [-0.3, -0.25) is 13.9 Å². The van der Waals surface area contributed by atoms with E-state index in [4.69, 9.17) is 11.6 Å². The summed E-state index contributed by atoms with van der Waals surface area (Å²) in [4.78, 5) is 29.3. The van der Waals surface area contributed by atoms with Gasteiger partial charge in [-0.25, -0.2) is 12.8 Å². The normalized spacial score (nSPS) is 14.6. The van der Waals surface area contributed by atoms with Crippen LogP contribution in [0.4, 0.5) is 10.1 Å². The van der Waals surface area contributed by atoms with Gasteiger partial charge in [0.25, 0.3) is 10.0 Å². The molecule has 3 aromatic carbocycles. The van der Waals surface area contributed by atoms with Crippen LogP contribution in [0.1, 0.15) is 62.1 Å². The summed E-state index contributed by atoms with van der Waals surface area (Å²) in [5.74, 6) is -1.27. The van der Waals surface area contributed by atoms with Crippen molar-refractivity contribution in [1.82, 2.24) is 10.2 Å². The number of benzene rings is 3. The number of carbonyl (C=O) groups is 2. The van der Waals surface area contributed by atoms with Gasteiger partial charge in [0.05, 0.1) is 10.6 Å². The number of amides is 2. The Balaban J connectivity index is 1.73. The number of nitrogens with zero attached hydrogens (tertiary/aromatic N) is 2. The van der Waals surface area contributed by atoms with Crippen molar-refractivity contribution in [3.8, 4) is 0 Å². The molecule has 0 saturated heterocycles. The molecule has 1 aliphatic rings. The number of halogens is 2. The van der Waals surface area contributed by atoms with Crippen molar-refractivity contribution in [1.29, 1.82) is 0 Å². The Kier molecular flexibility index (Phi) is 10.8. The summed E-state index contributed by atoms with van der Waals surface area (Å²) in [5, 5.41) is 3.48. The van der Waals surface area contributed by atoms with Crippen LogP contribution in [-0.4, -0.2) is 43.8 Å². The molecule has 1 fully saturated rings. The number of carbonyl (C=O) groups excluding carboxylic acids is 2. The molecule has 7 nitrogen and oxygen atoms in total. The van der Waals surface area contributed by atoms with E-state index in [1.165, 1.54) is 29.2 Å². The van der Waals surface area contributed by atoms with E-state index in [-0.39, 0.29) is 29.1 Å². The molecule has 1 saturated carbocycles. The molecule has 0 aromatic heterocycles. The molecule has 1 atom stereocenters. The minimum Gasteiger partial charge on any atom is -0.352 e. The predicted molar refractivity (Wildman–Crippen MR) is 168 cm³/mol. The lowest BCUT2D eigenvalue weighted by Gasteiger charge is -2.34. The van der Waals surface area contributed by atoms with Gasteiger partial charge in [0.2, 0.25) is 11.8 Å². The Morgan fingerprint density at radius 3 is 2.26 bits per heavy atom. The first-order valence-corrected chi connectivity index (χ1v) is 16.5. The lowest BCUT2D eigenvalue weighted by molar-refractivity contribution is -0.140. The predicted octanol–water partition coefficient (Wildman–Crippen LogP) is 6.55. The summed E-state index contributed by atoms with van der Waals surface area (Å²) in [6.07, 6.45) is 5.27. The van der Waals surface area contributed by atoms with E-state index in [0.717, 1.165) is 42.0 Å². The van der Waals surface area contributed by atoms with Gasteiger partial charge >= 0.3 is 0 Å². The number of anilines is 1. The van der Waals surface area contributed by atoms with Crippen molar-refractivity contribution in [3.63, 3.8) is 0 Å². The van der Waals surface area contributed by atoms with Crippen molar-refractivity contribution in [3.05, 3.63) is 94.3 Å². The van der Waals surface area contributed by atoms with Crippen LogP contribution in [0.3, 0.4) is 0 Å². The first-order chi connectivity index (χ1) is 20.5. The fourth-order valence-corrected chi connectivity index (χ4v) is 7.11. The molecular formula is C33H39ClFN3O4S. The SMILES string of the molecule is CCC(C(=O)NC1CCCCC1)N(Cc1ccc(F)cc1)C(=O)CN(c1cccc(Cl)c1C)S(=O)(=O)c1ccc(C)cc1. The number of aryl methyl sites for hydroxylation is 1. The topological polar surface area (TPSA) is 86.8 Å². The molecule has 230 valence electrons. The zero-order valence-corrected chi connectivity index (χ0v) is 26.4. The van der Waals surface area contributed by atoms with Gasteiger partial charge in [-0.05, 0) is 80.6 Å². The fraction of sp³-hybridized carbons (Fsp3) is 0.394. The summed E-state index contributed by atoms with van der Waals surface area (Å²) in [5.41, 5.74) is 2.27. The lowest BCUT2D eigenvalue weighted by atomic mass is 9.95. The van der Waals surface area contributed by atoms with Crippen LogP contribution >= 0.6 is 11.6 Å². The van der Waals surface area contributed by atoms with Crippen LogP contribution in [0.15, 0.2) is 71.6 Å². The van der Waals surface area contributed by atoms with Crippen LogP contribution in [0.25, 0.3) is 0 Å². The van der Waals surface area contributed by atoms with Crippen molar-refractivity contribution < 1.29 is 22.4 Å². The standard InChI is InChI=1S/C33H39ClFN3O4S/c1-4-30(33(40)36-27-9-6-5-7-10-27)37(21-25-15-17-26(35)18-16-25)32(39)22-38(31-12-8-11-29(34)24(31)3)43(41,42)28-19-13-23(2)14-20-28/h8,11-20,27,30H,4-7,9-10,21-22H2,1-3H3,(H,36,40). The van der Waals surface area contributed by atoms with Gasteiger partial charge in [-0.2, -0.15) is 0 Å². The molecular weight excluding hydrogens is 589 g/mol. The third-order valence-electron chi connectivity index (χ3n) is 8.00. The first kappa shape index (κ1) is 32.5. The van der Waals surface area contributed by atoms with E-state index >= 15 is 0 Å². The third-order valence-corrected chi connectivity index (χ3v) is 10.2. The molecule has 0 spiro atoms. The molecule has 1 N–H and O–H groups in total. The largest absolute Gasteiger partial charge is 0.352 e. The van der Waals surface area contributed by atoms with Gasteiger partial charge in [0.15, 0.2) is 0 Å². The molecule has 3 aromatic rings. The molecule has 1 aliphatic carbocycles. The van der Waals surface area contributed by atoms with Gasteiger partial charge < -0.3 is 10.2 Å². The van der Waals surface area contributed by atoms with Gasteiger partial charge in [-0.15, -0.1) is 0 Å². The Bertz CT molecular complexity index is 1520. The van der Waals surface area contributed by atoms with Gasteiger partial charge in [0.1, 0.15) is 18.4 Å². The second kappa shape index (κ2) is 14.4. The number of rotatable bonds is 11. The summed E-state index contributed by atoms with van der Waals surface area (Å²) in [7, 11) is -4.22. The number of hydrogen-bond acceptors (Lipinski definition) is 4. The van der Waals surface area contributed by atoms with E-state index in [9.17, 15) is 22.4 Å². The van der Waals surface area contributed by atoms with Crippen LogP contribution in [-0.2, 0) is 26.2 Å². The van der Waals surface area contributed by atoms with Gasteiger partial charge in [0, 0.05) is 17.6 Å². The summed E-state index contributed by atoms with van der Waals surface area (Å²) >= 11 is 6.40. The van der Waals surface area contributed by atoms with Crippen LogP contribution in [0, 0.1) is 19.7 Å². The molecule has 4 rings (SSSR count). The number of sulfonamides is 1. The van der Waals surface area contributed by atoms with Crippen molar-refractivity contribution in [2.75, 3.05) is 10.8 Å². The molecule has 1 unspecified atom stereocenters. The third kappa shape index (κ3) is 7.95. The molecule has 0 bridgehead atoms. The smallest absolute Gasteiger partial charge is 0.264 e. The van der Waals surface area contributed by atoms with Crippen LogP contribution in [0.2, 0.25) is 5.02 Å². The minimum atomic E-state index is -4.22. The van der Waals surface area contributed by atoms with E-state index in [1.807, 2.05) is 13.8 Å². The molecule has 10 heteroatoms. The van der Waals surface area contributed by atoms with Crippen LogP contribution < -0.4 is 9.62 Å². The van der Waals surface area contributed by atoms with E-state index in [1.54, 1.807) is 49.4 Å². The maximum absolute atomic E-state index is 14.3. The van der Waals surface area contributed by atoms with E-state index in [0.29, 0.717) is 22.6 Å². The molecule has 43 heavy (non-hydrogen) atoms. The first-order valence-electron chi connectivity index (χ1n) is 14.7. The maximum Gasteiger partial charge on any atom is 0.264 e. The summed E-state index contributed by atoms with van der Waals surface area (Å²) in [6, 6.07) is 16.2. The lowest BCUT2D eigenvalue weighted by Crippen LogP contribution is -2.54. The van der Waals surface area contributed by atoms with E-state index in [2.05, 4.69) is 5.32 Å². The van der Waals surface area contributed by atoms with Gasteiger partial charge in [-0.1, -0.05) is 73.7 Å². The highest BCUT2D eigenvalue weighted by molar-refractivity contribution is 7.92. The number of nitrogens with one attached hydrogen (secondary N) is 1. The van der Waals surface area contributed by atoms with Crippen LogP contribution in [0.5, 0.6) is 0 Å². The van der Waals surface area contributed by atoms with Crippen molar-refractivity contribution in [2.45, 2.75) is 82.8 Å². The Morgan fingerprint density at radius 2 is 1.63 bits per heavy atom. The fourth-order valence-electron chi connectivity index (χ4n) is 5.47. The molecule has 0 aliphatic heterocycles. The zero-order valence-electron chi connectivity index (χ0n) is 24.9. The highest BCUT2D eigenvalue weighted by Gasteiger charge is 2.35. The summed E-state index contributed by atoms with van der Waals surface area (Å²) in [6.45, 7) is 4.81. The monoisotopic (exact) mass is 627 g/mol. The van der Waals surface area contributed by atoms with E-state index < -0.39 is 34.3 Å².